The van der Waals surface area contributed by atoms with Gasteiger partial charge in [-0.1, -0.05) is 30.3 Å². The zero-order valence-electron chi connectivity index (χ0n) is 14.8. The number of nitrogens with one attached hydrogen (secondary N) is 1. The van der Waals surface area contributed by atoms with E-state index in [2.05, 4.69) is 39.7 Å². The van der Waals surface area contributed by atoms with Crippen LogP contribution in [0.3, 0.4) is 0 Å². The van der Waals surface area contributed by atoms with Gasteiger partial charge in [-0.05, 0) is 38.3 Å². The van der Waals surface area contributed by atoms with E-state index >= 15 is 0 Å². The third-order valence-electron chi connectivity index (χ3n) is 5.26. The number of carbonyl (C=O) groups is 1. The van der Waals surface area contributed by atoms with Crippen LogP contribution in [-0.4, -0.2) is 27.2 Å². The highest BCUT2D eigenvalue weighted by Gasteiger charge is 2.44. The van der Waals surface area contributed by atoms with Gasteiger partial charge in [-0.15, -0.1) is 0 Å². The molecule has 2 aromatic heterocycles. The number of aromatic nitrogens is 3. The van der Waals surface area contributed by atoms with E-state index in [1.807, 2.05) is 33.0 Å². The Kier molecular flexibility index (Phi) is 3.60. The van der Waals surface area contributed by atoms with Gasteiger partial charge in [0.2, 0.25) is 0 Å². The fourth-order valence-corrected chi connectivity index (χ4v) is 3.52. The van der Waals surface area contributed by atoms with Crippen molar-refractivity contribution in [3.8, 4) is 0 Å². The van der Waals surface area contributed by atoms with Crippen LogP contribution in [0.1, 0.15) is 40.2 Å². The van der Waals surface area contributed by atoms with Gasteiger partial charge in [0, 0.05) is 24.4 Å². The van der Waals surface area contributed by atoms with Crippen LogP contribution in [0.15, 0.2) is 36.4 Å². The van der Waals surface area contributed by atoms with Crippen molar-refractivity contribution >= 4 is 16.9 Å². The second-order valence-electron chi connectivity index (χ2n) is 7.03. The minimum absolute atomic E-state index is 0.0580. The molecule has 128 valence electrons. The van der Waals surface area contributed by atoms with Crippen molar-refractivity contribution in [2.45, 2.75) is 32.1 Å². The molecule has 0 unspecified atom stereocenters. The molecule has 1 saturated carbocycles. The van der Waals surface area contributed by atoms with Crippen molar-refractivity contribution in [2.75, 3.05) is 6.54 Å². The van der Waals surface area contributed by atoms with Crippen LogP contribution < -0.4 is 5.32 Å². The molecule has 25 heavy (non-hydrogen) atoms. The van der Waals surface area contributed by atoms with Crippen molar-refractivity contribution in [1.29, 1.82) is 0 Å². The van der Waals surface area contributed by atoms with E-state index in [9.17, 15) is 4.79 Å². The lowest BCUT2D eigenvalue weighted by Gasteiger charge is -2.17. The number of benzene rings is 1. The Morgan fingerprint density at radius 1 is 1.20 bits per heavy atom. The number of hydrogen-bond donors (Lipinski definition) is 1. The van der Waals surface area contributed by atoms with Gasteiger partial charge in [-0.2, -0.15) is 5.10 Å². The van der Waals surface area contributed by atoms with Crippen LogP contribution in [-0.2, 0) is 12.5 Å². The van der Waals surface area contributed by atoms with E-state index in [4.69, 9.17) is 0 Å². The molecular weight excluding hydrogens is 312 g/mol. The molecule has 5 heteroatoms. The van der Waals surface area contributed by atoms with E-state index in [0.29, 0.717) is 12.1 Å². The lowest BCUT2D eigenvalue weighted by atomic mass is 9.96. The van der Waals surface area contributed by atoms with Crippen molar-refractivity contribution in [3.05, 3.63) is 58.9 Å². The van der Waals surface area contributed by atoms with Crippen LogP contribution in [0.25, 0.3) is 11.0 Å². The average molecular weight is 334 g/mol. The number of nitrogens with zero attached hydrogens (tertiary/aromatic N) is 3. The van der Waals surface area contributed by atoms with Gasteiger partial charge in [-0.25, -0.2) is 4.98 Å². The molecule has 3 aromatic rings. The van der Waals surface area contributed by atoms with Crippen molar-refractivity contribution in [3.63, 3.8) is 0 Å². The van der Waals surface area contributed by atoms with Crippen LogP contribution in [0.5, 0.6) is 0 Å². The number of amides is 1. The number of rotatable bonds is 4. The first kappa shape index (κ1) is 15.8. The van der Waals surface area contributed by atoms with Gasteiger partial charge >= 0.3 is 0 Å². The third kappa shape index (κ3) is 2.69. The Morgan fingerprint density at radius 3 is 2.60 bits per heavy atom. The van der Waals surface area contributed by atoms with E-state index < -0.39 is 0 Å². The minimum atomic E-state index is -0.0580. The summed E-state index contributed by atoms with van der Waals surface area (Å²) in [6.07, 6.45) is 2.24. The summed E-state index contributed by atoms with van der Waals surface area (Å²) >= 11 is 0. The third-order valence-corrected chi connectivity index (χ3v) is 5.26. The maximum absolute atomic E-state index is 12.8. The van der Waals surface area contributed by atoms with E-state index in [1.54, 1.807) is 4.68 Å². The highest BCUT2D eigenvalue weighted by atomic mass is 16.1. The smallest absolute Gasteiger partial charge is 0.253 e. The van der Waals surface area contributed by atoms with Crippen LogP contribution in [0, 0.1) is 13.8 Å². The fourth-order valence-electron chi connectivity index (χ4n) is 3.52. The average Bonchev–Trinajstić information content (AvgIpc) is 3.36. The molecule has 2 heterocycles. The molecule has 1 N–H and O–H groups in total. The Bertz CT molecular complexity index is 955. The summed E-state index contributed by atoms with van der Waals surface area (Å²) in [5, 5.41) is 8.45. The molecule has 0 atom stereocenters. The number of aryl methyl sites for hydroxylation is 3. The molecule has 0 bridgehead atoms. The van der Waals surface area contributed by atoms with E-state index in [0.717, 1.165) is 35.3 Å². The Labute approximate surface area is 147 Å². The highest BCUT2D eigenvalue weighted by molar-refractivity contribution is 5.98. The van der Waals surface area contributed by atoms with E-state index in [1.165, 1.54) is 5.56 Å². The summed E-state index contributed by atoms with van der Waals surface area (Å²) in [4.78, 5) is 17.3. The van der Waals surface area contributed by atoms with Crippen LogP contribution >= 0.6 is 0 Å². The normalized spacial score (nSPS) is 15.3. The zero-order chi connectivity index (χ0) is 17.6. The molecule has 0 saturated heterocycles. The first-order chi connectivity index (χ1) is 12.0. The summed E-state index contributed by atoms with van der Waals surface area (Å²) in [5.41, 5.74) is 4.48. The van der Waals surface area contributed by atoms with Gasteiger partial charge in [0.1, 0.15) is 0 Å². The van der Waals surface area contributed by atoms with E-state index in [-0.39, 0.29) is 11.3 Å². The van der Waals surface area contributed by atoms with Crippen LogP contribution in [0.4, 0.5) is 0 Å². The Balaban J connectivity index is 1.57. The van der Waals surface area contributed by atoms with Crippen LogP contribution in [0.2, 0.25) is 0 Å². The predicted octanol–water partition coefficient (Wildman–Crippen LogP) is 3.05. The number of carbonyl (C=O) groups excluding carboxylic acids is 1. The van der Waals surface area contributed by atoms with Crippen molar-refractivity contribution in [1.82, 2.24) is 20.1 Å². The second-order valence-corrected chi connectivity index (χ2v) is 7.03. The first-order valence-electron chi connectivity index (χ1n) is 8.65. The molecule has 0 aliphatic heterocycles. The Morgan fingerprint density at radius 2 is 1.92 bits per heavy atom. The highest BCUT2D eigenvalue weighted by Crippen LogP contribution is 2.47. The number of pyridine rings is 1. The predicted molar refractivity (Wildman–Crippen MR) is 97.7 cm³/mol. The second kappa shape index (κ2) is 5.69. The summed E-state index contributed by atoms with van der Waals surface area (Å²) in [7, 11) is 1.87. The van der Waals surface area contributed by atoms with Gasteiger partial charge < -0.3 is 5.32 Å². The molecule has 1 aliphatic rings. The summed E-state index contributed by atoms with van der Waals surface area (Å²) in [5.74, 6) is -0.0580. The summed E-state index contributed by atoms with van der Waals surface area (Å²) in [6.45, 7) is 4.48. The molecule has 4 rings (SSSR count). The molecule has 1 aromatic carbocycles. The quantitative estimate of drug-likeness (QED) is 0.798. The molecule has 1 amide bonds. The summed E-state index contributed by atoms with van der Waals surface area (Å²) < 4.78 is 1.76. The maximum atomic E-state index is 12.8. The maximum Gasteiger partial charge on any atom is 0.253 e. The van der Waals surface area contributed by atoms with Crippen molar-refractivity contribution in [2.24, 2.45) is 7.05 Å². The fraction of sp³-hybridized carbons (Fsp3) is 0.350. The summed E-state index contributed by atoms with van der Waals surface area (Å²) in [6, 6.07) is 12.4. The SMILES string of the molecule is Cc1nc2c(cc1C(=O)NCC1(c3ccccc3)CC1)c(C)nn2C. The monoisotopic (exact) mass is 334 g/mol. The van der Waals surface area contributed by atoms with Gasteiger partial charge in [0.25, 0.3) is 5.91 Å². The minimum Gasteiger partial charge on any atom is -0.351 e. The molecular formula is C20H22N4O. The Hall–Kier alpha value is -2.69. The van der Waals surface area contributed by atoms with Gasteiger partial charge in [0.15, 0.2) is 5.65 Å². The molecule has 0 radical (unpaired) electrons. The lowest BCUT2D eigenvalue weighted by molar-refractivity contribution is 0.0949. The largest absolute Gasteiger partial charge is 0.351 e. The molecule has 5 nitrogen and oxygen atoms in total. The van der Waals surface area contributed by atoms with Gasteiger partial charge in [-0.3, -0.25) is 9.48 Å². The standard InChI is InChI=1S/C20H22N4O/c1-13-17(11-16-14(2)23-24(3)18(16)22-13)19(25)21-12-20(9-10-20)15-7-5-4-6-8-15/h4-8,11H,9-10,12H2,1-3H3,(H,21,25). The van der Waals surface area contributed by atoms with Crippen molar-refractivity contribution < 1.29 is 4.79 Å². The molecule has 0 spiro atoms. The molecule has 1 aliphatic carbocycles. The molecule has 1 fully saturated rings. The topological polar surface area (TPSA) is 59.8 Å². The lowest BCUT2D eigenvalue weighted by Crippen LogP contribution is -2.32. The zero-order valence-corrected chi connectivity index (χ0v) is 14.8. The van der Waals surface area contributed by atoms with Gasteiger partial charge in [0.05, 0.1) is 17.0 Å². The number of fused-ring (bicyclic) bond motifs is 1. The first-order valence-corrected chi connectivity index (χ1v) is 8.65. The number of hydrogen-bond acceptors (Lipinski definition) is 3.